The minimum absolute atomic E-state index is 0.00515. The maximum atomic E-state index is 12.3. The third kappa shape index (κ3) is 3.85. The zero-order valence-corrected chi connectivity index (χ0v) is 19.8. The van der Waals surface area contributed by atoms with Crippen LogP contribution < -0.4 is 0 Å². The van der Waals surface area contributed by atoms with Gasteiger partial charge in [-0.2, -0.15) is 0 Å². The fraction of sp³-hybridized carbons (Fsp3) is 0.500. The number of rotatable bonds is 4. The van der Waals surface area contributed by atoms with Gasteiger partial charge in [-0.1, -0.05) is 69.3 Å². The monoisotopic (exact) mass is 431 g/mol. The molecular weight excluding hydrogens is 398 g/mol. The van der Waals surface area contributed by atoms with Gasteiger partial charge in [-0.15, -0.1) is 4.91 Å². The Hall–Kier alpha value is -2.62. The number of ketones is 2. The van der Waals surface area contributed by atoms with Gasteiger partial charge < -0.3 is 0 Å². The maximum absolute atomic E-state index is 12.3. The lowest BCUT2D eigenvalue weighted by Crippen LogP contribution is -2.34. The molecule has 1 fully saturated rings. The molecule has 0 aromatic heterocycles. The van der Waals surface area contributed by atoms with E-state index in [4.69, 9.17) is 0 Å². The molecule has 0 aliphatic heterocycles. The molecule has 32 heavy (non-hydrogen) atoms. The summed E-state index contributed by atoms with van der Waals surface area (Å²) in [5.74, 6) is -0.669. The molecule has 1 atom stereocenters. The first-order valence-electron chi connectivity index (χ1n) is 11.7. The van der Waals surface area contributed by atoms with Crippen LogP contribution in [0.3, 0.4) is 0 Å². The first kappa shape index (κ1) is 22.6. The second-order valence-electron chi connectivity index (χ2n) is 10.9. The van der Waals surface area contributed by atoms with E-state index < -0.39 is 12.0 Å². The van der Waals surface area contributed by atoms with Crippen molar-refractivity contribution in [1.29, 1.82) is 0 Å². The molecule has 168 valence electrons. The zero-order chi connectivity index (χ0) is 23.3. The van der Waals surface area contributed by atoms with Crippen LogP contribution in [0.15, 0.2) is 41.6 Å². The molecule has 4 heteroatoms. The number of Topliss-reactive ketones (excluding diaryl/α,β-unsaturated/α-hetero) is 2. The van der Waals surface area contributed by atoms with Crippen LogP contribution in [0, 0.1) is 11.8 Å². The molecule has 4 rings (SSSR count). The Morgan fingerprint density at radius 2 is 1.41 bits per heavy atom. The van der Waals surface area contributed by atoms with Gasteiger partial charge in [0.15, 0.2) is 0 Å². The average molecular weight is 432 g/mol. The standard InChI is InChI=1S/C28H33NO3/c1-17-15-21-22(28(4,5)14-13-27(21,2)3)16-20(17)26(29-32)19-11-9-18(10-12-19)25-23(30)7-6-8-24(25)31/h9-12,15-16,25-26H,6-8,13-14H2,1-5H3. The van der Waals surface area contributed by atoms with Crippen molar-refractivity contribution in [2.24, 2.45) is 5.18 Å². The molecule has 0 spiro atoms. The first-order chi connectivity index (χ1) is 15.0. The van der Waals surface area contributed by atoms with Crippen LogP contribution in [-0.4, -0.2) is 11.6 Å². The number of hydrogen-bond donors (Lipinski definition) is 0. The van der Waals surface area contributed by atoms with Crippen molar-refractivity contribution in [1.82, 2.24) is 0 Å². The molecule has 0 N–H and O–H groups in total. The molecule has 0 amide bonds. The fourth-order valence-electron chi connectivity index (χ4n) is 5.48. The summed E-state index contributed by atoms with van der Waals surface area (Å²) in [4.78, 5) is 36.7. The molecule has 1 saturated carbocycles. The minimum Gasteiger partial charge on any atom is -0.299 e. The van der Waals surface area contributed by atoms with Crippen molar-refractivity contribution in [3.05, 3.63) is 74.7 Å². The van der Waals surface area contributed by atoms with E-state index in [0.717, 1.165) is 35.1 Å². The smallest absolute Gasteiger partial charge is 0.147 e. The highest BCUT2D eigenvalue weighted by Crippen LogP contribution is 2.47. The minimum atomic E-state index is -0.658. The molecule has 4 nitrogen and oxygen atoms in total. The lowest BCUT2D eigenvalue weighted by atomic mass is 9.62. The fourth-order valence-corrected chi connectivity index (χ4v) is 5.48. The molecule has 1 unspecified atom stereocenters. The van der Waals surface area contributed by atoms with Gasteiger partial charge in [0.25, 0.3) is 0 Å². The largest absolute Gasteiger partial charge is 0.299 e. The number of nitroso groups, excluding NO2 is 1. The van der Waals surface area contributed by atoms with Crippen LogP contribution in [0.25, 0.3) is 0 Å². The van der Waals surface area contributed by atoms with Crippen LogP contribution in [0.4, 0.5) is 0 Å². The Morgan fingerprint density at radius 3 is 1.94 bits per heavy atom. The lowest BCUT2D eigenvalue weighted by Gasteiger charge is -2.42. The number of hydrogen-bond acceptors (Lipinski definition) is 4. The summed E-state index contributed by atoms with van der Waals surface area (Å²) in [5.41, 5.74) is 6.34. The Labute approximate surface area is 190 Å². The number of carbonyl (C=O) groups excluding carboxylic acids is 2. The quantitative estimate of drug-likeness (QED) is 0.404. The summed E-state index contributed by atoms with van der Waals surface area (Å²) >= 11 is 0. The Balaban J connectivity index is 1.73. The van der Waals surface area contributed by atoms with Gasteiger partial charge in [0, 0.05) is 12.8 Å². The molecule has 2 aliphatic rings. The third-order valence-electron chi connectivity index (χ3n) is 7.72. The van der Waals surface area contributed by atoms with Crippen molar-refractivity contribution in [2.45, 2.75) is 89.5 Å². The van der Waals surface area contributed by atoms with E-state index in [2.05, 4.69) is 51.9 Å². The summed E-state index contributed by atoms with van der Waals surface area (Å²) < 4.78 is 0. The molecule has 2 aromatic rings. The number of carbonyl (C=O) groups is 2. The summed E-state index contributed by atoms with van der Waals surface area (Å²) in [7, 11) is 0. The van der Waals surface area contributed by atoms with Crippen LogP contribution in [0.1, 0.15) is 105 Å². The predicted octanol–water partition coefficient (Wildman–Crippen LogP) is 6.61. The third-order valence-corrected chi connectivity index (χ3v) is 7.72. The van der Waals surface area contributed by atoms with E-state index >= 15 is 0 Å². The number of fused-ring (bicyclic) bond motifs is 1. The molecule has 2 aromatic carbocycles. The summed E-state index contributed by atoms with van der Waals surface area (Å²) in [6.07, 6.45) is 3.80. The Bertz CT molecular complexity index is 1060. The average Bonchev–Trinajstić information content (AvgIpc) is 2.74. The highest BCUT2D eigenvalue weighted by Gasteiger charge is 2.38. The van der Waals surface area contributed by atoms with Gasteiger partial charge in [-0.25, -0.2) is 0 Å². The maximum Gasteiger partial charge on any atom is 0.147 e. The SMILES string of the molecule is Cc1cc2c(cc1C(N=O)c1ccc(C3C(=O)CCCC3=O)cc1)C(C)(C)CCC2(C)C. The van der Waals surface area contributed by atoms with Gasteiger partial charge >= 0.3 is 0 Å². The summed E-state index contributed by atoms with van der Waals surface area (Å²) in [6.45, 7) is 11.2. The highest BCUT2D eigenvalue weighted by atomic mass is 16.3. The van der Waals surface area contributed by atoms with E-state index in [-0.39, 0.29) is 22.4 Å². The van der Waals surface area contributed by atoms with Gasteiger partial charge in [0.1, 0.15) is 23.5 Å². The van der Waals surface area contributed by atoms with E-state index in [1.807, 2.05) is 24.3 Å². The van der Waals surface area contributed by atoms with Gasteiger partial charge in [0.05, 0.1) is 0 Å². The number of aryl methyl sites for hydroxylation is 1. The van der Waals surface area contributed by atoms with Crippen LogP contribution >= 0.6 is 0 Å². The Morgan fingerprint density at radius 1 is 0.875 bits per heavy atom. The zero-order valence-electron chi connectivity index (χ0n) is 19.8. The molecular formula is C28H33NO3. The lowest BCUT2D eigenvalue weighted by molar-refractivity contribution is -0.131. The highest BCUT2D eigenvalue weighted by molar-refractivity contribution is 6.09. The molecule has 0 saturated heterocycles. The second kappa shape index (κ2) is 8.06. The summed E-state index contributed by atoms with van der Waals surface area (Å²) in [5, 5.41) is 3.51. The van der Waals surface area contributed by atoms with Crippen molar-refractivity contribution < 1.29 is 9.59 Å². The number of nitrogens with zero attached hydrogens (tertiary/aromatic N) is 1. The van der Waals surface area contributed by atoms with Crippen molar-refractivity contribution in [3.63, 3.8) is 0 Å². The first-order valence-corrected chi connectivity index (χ1v) is 11.7. The van der Waals surface area contributed by atoms with Crippen molar-refractivity contribution >= 4 is 11.6 Å². The van der Waals surface area contributed by atoms with Gasteiger partial charge in [-0.05, 0) is 70.4 Å². The van der Waals surface area contributed by atoms with E-state index in [0.29, 0.717) is 19.3 Å². The van der Waals surface area contributed by atoms with E-state index in [9.17, 15) is 14.5 Å². The van der Waals surface area contributed by atoms with Crippen LogP contribution in [-0.2, 0) is 20.4 Å². The van der Waals surface area contributed by atoms with Crippen LogP contribution in [0.2, 0.25) is 0 Å². The Kier molecular flexibility index (Phi) is 5.68. The van der Waals surface area contributed by atoms with Crippen LogP contribution in [0.5, 0.6) is 0 Å². The van der Waals surface area contributed by atoms with Crippen molar-refractivity contribution in [2.75, 3.05) is 0 Å². The van der Waals surface area contributed by atoms with E-state index in [1.165, 1.54) is 11.1 Å². The topological polar surface area (TPSA) is 63.6 Å². The molecule has 0 bridgehead atoms. The van der Waals surface area contributed by atoms with Gasteiger partial charge in [0.2, 0.25) is 0 Å². The van der Waals surface area contributed by atoms with Crippen molar-refractivity contribution in [3.8, 4) is 0 Å². The normalized spacial score (nSPS) is 21.2. The number of benzene rings is 2. The molecule has 0 heterocycles. The summed E-state index contributed by atoms with van der Waals surface area (Å²) in [6, 6.07) is 11.2. The molecule has 0 radical (unpaired) electrons. The van der Waals surface area contributed by atoms with Gasteiger partial charge in [-0.3, -0.25) is 9.59 Å². The second-order valence-corrected chi connectivity index (χ2v) is 10.9. The van der Waals surface area contributed by atoms with E-state index in [1.54, 1.807) is 0 Å². The predicted molar refractivity (Wildman–Crippen MR) is 127 cm³/mol. The molecule has 2 aliphatic carbocycles.